The molecule has 1 aliphatic heterocycles. The number of imidazole rings is 1. The molecule has 230 valence electrons. The van der Waals surface area contributed by atoms with Gasteiger partial charge < -0.3 is 29.2 Å². The Balaban J connectivity index is 1.32. The highest BCUT2D eigenvalue weighted by atomic mass is 32.2. The quantitative estimate of drug-likeness (QED) is 0.168. The van der Waals surface area contributed by atoms with Gasteiger partial charge >= 0.3 is 5.97 Å². The van der Waals surface area contributed by atoms with E-state index in [-0.39, 0.29) is 24.7 Å². The predicted octanol–water partition coefficient (Wildman–Crippen LogP) is 5.48. The Bertz CT molecular complexity index is 1560. The number of carbonyl (C=O) groups excluding carboxylic acids is 2. The summed E-state index contributed by atoms with van der Waals surface area (Å²) in [5.74, 6) is -0.125. The van der Waals surface area contributed by atoms with Crippen molar-refractivity contribution in [1.29, 1.82) is 0 Å². The molecule has 10 heteroatoms. The van der Waals surface area contributed by atoms with Crippen molar-refractivity contribution < 1.29 is 28.9 Å². The number of benzene rings is 3. The largest absolute Gasteiger partial charge is 0.453 e. The standard InChI is InChI=1S/C34H37N3O6S/c1-22(41-23(2)39)32(40)36-19-28-6-4-5-7-30(28)25-12-14-27(15-13-25)33-42-29(21-44-34-35-16-17-37(34)3)18-31(43-33)26-10-8-24(20-38)9-11-26/h4-17,22,29,31,33,38H,18-21H2,1-3H3,(H,36,40)/t22-,29+,31-,33-/m0/s1. The van der Waals surface area contributed by atoms with E-state index < -0.39 is 18.4 Å². The minimum absolute atomic E-state index is 0.00425. The topological polar surface area (TPSA) is 112 Å². The van der Waals surface area contributed by atoms with Gasteiger partial charge in [-0.3, -0.25) is 9.59 Å². The molecule has 2 N–H and O–H groups in total. The van der Waals surface area contributed by atoms with Crippen molar-refractivity contribution >= 4 is 23.6 Å². The van der Waals surface area contributed by atoms with E-state index in [9.17, 15) is 14.7 Å². The Hall–Kier alpha value is -3.96. The van der Waals surface area contributed by atoms with Crippen LogP contribution in [-0.2, 0) is 44.0 Å². The first kappa shape index (κ1) is 31.5. The molecule has 2 heterocycles. The number of nitrogens with zero attached hydrogens (tertiary/aromatic N) is 2. The number of hydrogen-bond acceptors (Lipinski definition) is 8. The summed E-state index contributed by atoms with van der Waals surface area (Å²) in [6.45, 7) is 3.12. The number of hydrogen-bond donors (Lipinski definition) is 2. The second-order valence-corrected chi connectivity index (χ2v) is 11.7. The summed E-state index contributed by atoms with van der Waals surface area (Å²) in [5.41, 5.74) is 5.70. The molecule has 1 aliphatic rings. The molecule has 1 saturated heterocycles. The molecular weight excluding hydrogens is 578 g/mol. The van der Waals surface area contributed by atoms with Crippen LogP contribution in [0.2, 0.25) is 0 Å². The van der Waals surface area contributed by atoms with Gasteiger partial charge in [-0.2, -0.15) is 0 Å². The first-order valence-corrected chi connectivity index (χ1v) is 15.5. The average Bonchev–Trinajstić information content (AvgIpc) is 3.46. The predicted molar refractivity (Wildman–Crippen MR) is 167 cm³/mol. The van der Waals surface area contributed by atoms with Gasteiger partial charge in [0, 0.05) is 50.6 Å². The number of aromatic nitrogens is 2. The summed E-state index contributed by atoms with van der Waals surface area (Å²) in [6, 6.07) is 23.8. The van der Waals surface area contributed by atoms with E-state index in [0.717, 1.165) is 44.3 Å². The highest BCUT2D eigenvalue weighted by Crippen LogP contribution is 2.40. The number of esters is 1. The fourth-order valence-electron chi connectivity index (χ4n) is 5.09. The van der Waals surface area contributed by atoms with Gasteiger partial charge in [-0.05, 0) is 34.7 Å². The van der Waals surface area contributed by atoms with Crippen molar-refractivity contribution in [3.63, 3.8) is 0 Å². The first-order valence-electron chi connectivity index (χ1n) is 14.5. The van der Waals surface area contributed by atoms with Crippen LogP contribution in [-0.4, -0.2) is 44.5 Å². The number of aliphatic hydroxyl groups is 1. The van der Waals surface area contributed by atoms with Crippen molar-refractivity contribution in [2.45, 2.75) is 63.2 Å². The summed E-state index contributed by atoms with van der Waals surface area (Å²) in [7, 11) is 1.98. The molecule has 0 unspecified atom stereocenters. The minimum atomic E-state index is -0.864. The fraction of sp³-hybridized carbons (Fsp3) is 0.324. The van der Waals surface area contributed by atoms with Crippen molar-refractivity contribution in [3.05, 3.63) is 107 Å². The van der Waals surface area contributed by atoms with Gasteiger partial charge in [0.2, 0.25) is 0 Å². The van der Waals surface area contributed by atoms with E-state index in [1.807, 2.05) is 90.6 Å². The van der Waals surface area contributed by atoms with Crippen molar-refractivity contribution in [2.75, 3.05) is 5.75 Å². The maximum absolute atomic E-state index is 12.4. The zero-order valence-electron chi connectivity index (χ0n) is 25.0. The van der Waals surface area contributed by atoms with Crippen LogP contribution < -0.4 is 5.32 Å². The minimum Gasteiger partial charge on any atom is -0.453 e. The fourth-order valence-corrected chi connectivity index (χ4v) is 6.04. The highest BCUT2D eigenvalue weighted by molar-refractivity contribution is 7.99. The molecule has 9 nitrogen and oxygen atoms in total. The molecule has 0 saturated carbocycles. The maximum Gasteiger partial charge on any atom is 0.303 e. The summed E-state index contributed by atoms with van der Waals surface area (Å²) in [5, 5.41) is 13.3. The average molecular weight is 616 g/mol. The molecule has 44 heavy (non-hydrogen) atoms. The Morgan fingerprint density at radius 1 is 1.07 bits per heavy atom. The van der Waals surface area contributed by atoms with Crippen LogP contribution in [0.3, 0.4) is 0 Å². The Labute approximate surface area is 261 Å². The third-order valence-corrected chi connectivity index (χ3v) is 8.66. The van der Waals surface area contributed by atoms with Gasteiger partial charge in [0.15, 0.2) is 17.6 Å². The zero-order valence-corrected chi connectivity index (χ0v) is 25.8. The first-order chi connectivity index (χ1) is 21.3. The molecule has 0 aliphatic carbocycles. The summed E-state index contributed by atoms with van der Waals surface area (Å²) < 4.78 is 20.0. The number of amides is 1. The molecular formula is C34H37N3O6S. The van der Waals surface area contributed by atoms with Gasteiger partial charge in [-0.15, -0.1) is 0 Å². The van der Waals surface area contributed by atoms with Crippen LogP contribution in [0.25, 0.3) is 11.1 Å². The lowest BCUT2D eigenvalue weighted by Crippen LogP contribution is -2.35. The van der Waals surface area contributed by atoms with E-state index in [2.05, 4.69) is 10.3 Å². The number of thioether (sulfide) groups is 1. The van der Waals surface area contributed by atoms with Crippen LogP contribution in [0.15, 0.2) is 90.3 Å². The van der Waals surface area contributed by atoms with Crippen LogP contribution >= 0.6 is 11.8 Å². The third-order valence-electron chi connectivity index (χ3n) is 7.47. The SMILES string of the molecule is CC(=O)O[C@@H](C)C(=O)NCc1ccccc1-c1ccc([C@H]2O[C@@H](CSc3nccn3C)C[C@@H](c3ccc(CO)cc3)O2)cc1. The van der Waals surface area contributed by atoms with Crippen molar-refractivity contribution in [3.8, 4) is 11.1 Å². The maximum atomic E-state index is 12.4. The third kappa shape index (κ3) is 7.95. The number of aryl methyl sites for hydroxylation is 1. The summed E-state index contributed by atoms with van der Waals surface area (Å²) in [6.07, 6.45) is 2.74. The number of ether oxygens (including phenoxy) is 3. The van der Waals surface area contributed by atoms with Crippen LogP contribution in [0, 0.1) is 0 Å². The Kier molecular flexibility index (Phi) is 10.5. The number of rotatable bonds is 11. The lowest BCUT2D eigenvalue weighted by molar-refractivity contribution is -0.245. The second-order valence-electron chi connectivity index (χ2n) is 10.7. The molecule has 4 aromatic rings. The molecule has 0 radical (unpaired) electrons. The number of aliphatic hydroxyl groups excluding tert-OH is 1. The smallest absolute Gasteiger partial charge is 0.303 e. The van der Waals surface area contributed by atoms with E-state index in [1.54, 1.807) is 24.9 Å². The second kappa shape index (κ2) is 14.7. The summed E-state index contributed by atoms with van der Waals surface area (Å²) >= 11 is 1.66. The van der Waals surface area contributed by atoms with Gasteiger partial charge in [-0.25, -0.2) is 4.98 Å². The summed E-state index contributed by atoms with van der Waals surface area (Å²) in [4.78, 5) is 28.0. The van der Waals surface area contributed by atoms with E-state index in [1.165, 1.54) is 6.92 Å². The molecule has 1 fully saturated rings. The van der Waals surface area contributed by atoms with Crippen LogP contribution in [0.4, 0.5) is 0 Å². The Morgan fingerprint density at radius 2 is 1.80 bits per heavy atom. The van der Waals surface area contributed by atoms with Crippen LogP contribution in [0.1, 0.15) is 54.9 Å². The molecule has 1 aromatic heterocycles. The molecule has 1 amide bonds. The van der Waals surface area contributed by atoms with Crippen molar-refractivity contribution in [1.82, 2.24) is 14.9 Å². The molecule has 3 aromatic carbocycles. The van der Waals surface area contributed by atoms with Crippen molar-refractivity contribution in [2.24, 2.45) is 7.05 Å². The molecule has 4 atom stereocenters. The Morgan fingerprint density at radius 3 is 2.48 bits per heavy atom. The van der Waals surface area contributed by atoms with Gasteiger partial charge in [0.1, 0.15) is 0 Å². The number of nitrogens with one attached hydrogen (secondary N) is 1. The van der Waals surface area contributed by atoms with E-state index in [0.29, 0.717) is 13.0 Å². The monoisotopic (exact) mass is 615 g/mol. The zero-order chi connectivity index (χ0) is 31.1. The van der Waals surface area contributed by atoms with E-state index >= 15 is 0 Å². The lowest BCUT2D eigenvalue weighted by atomic mass is 9.97. The number of carbonyl (C=O) groups is 2. The van der Waals surface area contributed by atoms with Gasteiger partial charge in [0.25, 0.3) is 5.91 Å². The van der Waals surface area contributed by atoms with Gasteiger partial charge in [0.05, 0.1) is 18.8 Å². The molecule has 5 rings (SSSR count). The highest BCUT2D eigenvalue weighted by Gasteiger charge is 2.32. The lowest BCUT2D eigenvalue weighted by Gasteiger charge is -2.36. The molecule has 0 spiro atoms. The van der Waals surface area contributed by atoms with E-state index in [4.69, 9.17) is 14.2 Å². The molecule has 0 bridgehead atoms. The normalized spacial score (nSPS) is 18.9. The van der Waals surface area contributed by atoms with Gasteiger partial charge in [-0.1, -0.05) is 84.6 Å². The van der Waals surface area contributed by atoms with Crippen LogP contribution in [0.5, 0.6) is 0 Å².